The summed E-state index contributed by atoms with van der Waals surface area (Å²) in [6.45, 7) is 1.92. The molecule has 1 aromatic heterocycles. The van der Waals surface area contributed by atoms with Gasteiger partial charge in [-0.3, -0.25) is 14.4 Å². The Morgan fingerprint density at radius 1 is 1.04 bits per heavy atom. The number of rotatable bonds is 4. The number of carbonyl (C=O) groups excluding carboxylic acids is 3. The molecule has 4 N–H and O–H groups in total. The summed E-state index contributed by atoms with van der Waals surface area (Å²) in [4.78, 5) is 52.2. The fraction of sp³-hybridized carbons (Fsp3) is 0.263. The summed E-state index contributed by atoms with van der Waals surface area (Å²) < 4.78 is 4.44. The molecule has 2 aromatic rings. The Hall–Kier alpha value is -3.62. The maximum atomic E-state index is 12.9. The number of aromatic nitrogens is 1. The summed E-state index contributed by atoms with van der Waals surface area (Å²) in [6, 6.07) is 1.26. The predicted molar refractivity (Wildman–Crippen MR) is 95.3 cm³/mol. The number of hydrogen-bond acceptors (Lipinski definition) is 8. The summed E-state index contributed by atoms with van der Waals surface area (Å²) in [5, 5.41) is 30.5. The van der Waals surface area contributed by atoms with Crippen LogP contribution in [0.2, 0.25) is 0 Å². The third kappa shape index (κ3) is 2.63. The third-order valence-corrected chi connectivity index (χ3v) is 4.65. The molecule has 1 heterocycles. The summed E-state index contributed by atoms with van der Waals surface area (Å²) in [6.07, 6.45) is 1.80. The number of phenolic OH excluding ortho intramolecular Hbond substituents is 2. The van der Waals surface area contributed by atoms with Crippen LogP contribution in [0, 0.1) is 0 Å². The second-order valence-corrected chi connectivity index (χ2v) is 6.34. The zero-order chi connectivity index (χ0) is 20.7. The quantitative estimate of drug-likeness (QED) is 0.387. The largest absolute Gasteiger partial charge is 0.504 e. The first-order chi connectivity index (χ1) is 13.2. The van der Waals surface area contributed by atoms with Crippen LogP contribution in [-0.2, 0) is 11.2 Å². The first kappa shape index (κ1) is 19.2. The zero-order valence-electron chi connectivity index (χ0n) is 15.1. The highest BCUT2D eigenvalue weighted by Gasteiger charge is 2.38. The van der Waals surface area contributed by atoms with Gasteiger partial charge in [-0.15, -0.1) is 0 Å². The number of aryl methyl sites for hydroxylation is 1. The monoisotopic (exact) mass is 387 g/mol. The van der Waals surface area contributed by atoms with E-state index < -0.39 is 62.7 Å². The number of esters is 1. The van der Waals surface area contributed by atoms with E-state index in [0.29, 0.717) is 12.8 Å². The second-order valence-electron chi connectivity index (χ2n) is 6.34. The normalized spacial score (nSPS) is 12.5. The van der Waals surface area contributed by atoms with Gasteiger partial charge in [-0.25, -0.2) is 4.79 Å². The molecule has 0 saturated carbocycles. The number of phenols is 2. The number of H-pyrrole nitrogens is 1. The van der Waals surface area contributed by atoms with Crippen molar-refractivity contribution in [2.45, 2.75) is 26.2 Å². The van der Waals surface area contributed by atoms with E-state index in [2.05, 4.69) is 9.72 Å². The zero-order valence-corrected chi connectivity index (χ0v) is 15.1. The number of aromatic hydroxyl groups is 3. The minimum atomic E-state index is -1.21. The molecule has 3 rings (SSSR count). The van der Waals surface area contributed by atoms with E-state index in [1.165, 1.54) is 6.07 Å². The van der Waals surface area contributed by atoms with Gasteiger partial charge < -0.3 is 25.0 Å². The minimum Gasteiger partial charge on any atom is -0.504 e. The van der Waals surface area contributed by atoms with Crippen LogP contribution in [0.15, 0.2) is 10.9 Å². The lowest BCUT2D eigenvalue weighted by Gasteiger charge is -2.20. The van der Waals surface area contributed by atoms with E-state index in [-0.39, 0.29) is 11.1 Å². The summed E-state index contributed by atoms with van der Waals surface area (Å²) >= 11 is 0. The first-order valence-electron chi connectivity index (χ1n) is 8.49. The van der Waals surface area contributed by atoms with Crippen molar-refractivity contribution in [3.63, 3.8) is 0 Å². The Balaban J connectivity index is 2.30. The Labute approximate surface area is 158 Å². The Morgan fingerprint density at radius 3 is 2.32 bits per heavy atom. The number of nitrogens with one attached hydrogen (secondary N) is 1. The lowest BCUT2D eigenvalue weighted by atomic mass is 9.83. The Morgan fingerprint density at radius 2 is 1.71 bits per heavy atom. The average molecular weight is 387 g/mol. The number of ether oxygens (including phenoxy) is 1. The van der Waals surface area contributed by atoms with Crippen LogP contribution in [-0.4, -0.2) is 44.9 Å². The van der Waals surface area contributed by atoms with Gasteiger partial charge in [-0.05, 0) is 24.5 Å². The molecule has 0 bridgehead atoms. The molecule has 0 spiro atoms. The van der Waals surface area contributed by atoms with E-state index >= 15 is 0 Å². The molecule has 0 radical (unpaired) electrons. The van der Waals surface area contributed by atoms with Crippen molar-refractivity contribution in [1.29, 1.82) is 0 Å². The molecule has 0 saturated heterocycles. The molecule has 0 amide bonds. The Kier molecular flexibility index (Phi) is 4.68. The van der Waals surface area contributed by atoms with Crippen molar-refractivity contribution in [3.05, 3.63) is 49.9 Å². The lowest BCUT2D eigenvalue weighted by molar-refractivity contribution is 0.0589. The summed E-state index contributed by atoms with van der Waals surface area (Å²) in [7, 11) is 1.00. The maximum absolute atomic E-state index is 12.9. The number of aromatic amines is 1. The van der Waals surface area contributed by atoms with Gasteiger partial charge in [0.15, 0.2) is 28.7 Å². The van der Waals surface area contributed by atoms with E-state index in [4.69, 9.17) is 0 Å². The van der Waals surface area contributed by atoms with Gasteiger partial charge in [-0.2, -0.15) is 0 Å². The van der Waals surface area contributed by atoms with Crippen molar-refractivity contribution in [2.75, 3.05) is 7.11 Å². The van der Waals surface area contributed by atoms with Crippen LogP contribution in [0.5, 0.6) is 17.2 Å². The molecule has 9 nitrogen and oxygen atoms in total. The topological polar surface area (TPSA) is 154 Å². The molecule has 9 heteroatoms. The van der Waals surface area contributed by atoms with Gasteiger partial charge >= 0.3 is 5.97 Å². The molecule has 146 valence electrons. The second kappa shape index (κ2) is 6.84. The van der Waals surface area contributed by atoms with Gasteiger partial charge in [0.25, 0.3) is 0 Å². The number of methoxy groups -OCH3 is 1. The highest BCUT2D eigenvalue weighted by atomic mass is 16.5. The van der Waals surface area contributed by atoms with Crippen LogP contribution < -0.4 is 5.43 Å². The van der Waals surface area contributed by atoms with Crippen LogP contribution in [0.3, 0.4) is 0 Å². The molecule has 1 aliphatic carbocycles. The molecule has 28 heavy (non-hydrogen) atoms. The number of unbranched alkanes of at least 4 members (excludes halogenated alkanes) is 1. The van der Waals surface area contributed by atoms with Gasteiger partial charge in [0.05, 0.1) is 12.7 Å². The van der Waals surface area contributed by atoms with Gasteiger partial charge in [0, 0.05) is 5.56 Å². The maximum Gasteiger partial charge on any atom is 0.358 e. The minimum absolute atomic E-state index is 0.255. The Bertz CT molecular complexity index is 1100. The fourth-order valence-electron chi connectivity index (χ4n) is 3.17. The van der Waals surface area contributed by atoms with Crippen LogP contribution >= 0.6 is 0 Å². The summed E-state index contributed by atoms with van der Waals surface area (Å²) in [5.41, 5.74) is -3.60. The number of pyridine rings is 1. The fourth-order valence-corrected chi connectivity index (χ4v) is 3.17. The van der Waals surface area contributed by atoms with Crippen LogP contribution in [0.1, 0.15) is 67.8 Å². The average Bonchev–Trinajstić information content (AvgIpc) is 2.68. The standard InChI is InChI=1S/C19H17NO8/c1-3-4-5-7-6-8-9(16(24)13(7)21)15(23)11-10(14(8)22)17(25)18(26)12(20-11)19(27)28-2/h6,21,24,26H,3-5H2,1-2H3,(H,20,25). The smallest absolute Gasteiger partial charge is 0.358 e. The van der Waals surface area contributed by atoms with Crippen LogP contribution in [0.25, 0.3) is 0 Å². The van der Waals surface area contributed by atoms with E-state index in [1.54, 1.807) is 0 Å². The van der Waals surface area contributed by atoms with Gasteiger partial charge in [-0.1, -0.05) is 13.3 Å². The van der Waals surface area contributed by atoms with Gasteiger partial charge in [0.1, 0.15) is 11.3 Å². The molecule has 0 fully saturated rings. The number of fused-ring (bicyclic) bond motifs is 2. The molecule has 1 aromatic carbocycles. The number of carbonyl (C=O) groups is 3. The molecular weight excluding hydrogens is 370 g/mol. The number of ketones is 2. The van der Waals surface area contributed by atoms with E-state index in [1.807, 2.05) is 6.92 Å². The SMILES string of the molecule is CCCCc1cc2c(c(O)c1O)C(=O)c1[nH]c(C(=O)OC)c(O)c(=O)c1C2=O. The van der Waals surface area contributed by atoms with Gasteiger partial charge in [0.2, 0.25) is 11.2 Å². The van der Waals surface area contributed by atoms with E-state index in [9.17, 15) is 34.5 Å². The van der Waals surface area contributed by atoms with E-state index in [0.717, 1.165) is 13.5 Å². The molecule has 0 aliphatic heterocycles. The highest BCUT2D eigenvalue weighted by Crippen LogP contribution is 2.40. The van der Waals surface area contributed by atoms with Crippen molar-refractivity contribution in [3.8, 4) is 17.2 Å². The molecule has 0 unspecified atom stereocenters. The third-order valence-electron chi connectivity index (χ3n) is 4.65. The summed E-state index contributed by atoms with van der Waals surface area (Å²) in [5.74, 6) is -5.35. The highest BCUT2D eigenvalue weighted by molar-refractivity contribution is 6.29. The molecular formula is C19H17NO8. The molecule has 0 atom stereocenters. The first-order valence-corrected chi connectivity index (χ1v) is 8.49. The van der Waals surface area contributed by atoms with Crippen molar-refractivity contribution in [1.82, 2.24) is 4.98 Å². The van der Waals surface area contributed by atoms with Crippen molar-refractivity contribution in [2.24, 2.45) is 0 Å². The number of benzene rings is 1. The number of hydrogen-bond donors (Lipinski definition) is 4. The van der Waals surface area contributed by atoms with Crippen LogP contribution in [0.4, 0.5) is 0 Å². The van der Waals surface area contributed by atoms with Crippen molar-refractivity contribution < 1.29 is 34.4 Å². The lowest BCUT2D eigenvalue weighted by Crippen LogP contribution is -2.31. The van der Waals surface area contributed by atoms with Crippen molar-refractivity contribution >= 4 is 17.5 Å². The predicted octanol–water partition coefficient (Wildman–Crippen LogP) is 1.40. The molecule has 1 aliphatic rings.